The topological polar surface area (TPSA) is 122 Å². The number of aliphatic carboxylic acids is 2. The smallest absolute Gasteiger partial charge is 0.414 e. The second-order valence-electron chi connectivity index (χ2n) is 8.34. The summed E-state index contributed by atoms with van der Waals surface area (Å²) >= 11 is 0. The molecule has 2 aromatic carbocycles. The lowest BCUT2D eigenvalue weighted by molar-refractivity contribution is -0.159. The minimum Gasteiger partial charge on any atom is -0.473 e. The first-order valence-corrected chi connectivity index (χ1v) is 11.7. The predicted octanol–water partition coefficient (Wildman–Crippen LogP) is 3.75. The van der Waals surface area contributed by atoms with Gasteiger partial charge >= 0.3 is 11.9 Å². The molecule has 0 bridgehead atoms. The average molecular weight is 490 g/mol. The van der Waals surface area contributed by atoms with Crippen molar-refractivity contribution >= 4 is 11.9 Å². The van der Waals surface area contributed by atoms with E-state index in [2.05, 4.69) is 82.8 Å². The second kappa shape index (κ2) is 13.0. The number of aromatic nitrogens is 4. The summed E-state index contributed by atoms with van der Waals surface area (Å²) in [5.41, 5.74) is 6.99. The molecular weight excluding hydrogens is 458 g/mol. The van der Waals surface area contributed by atoms with Crippen molar-refractivity contribution < 1.29 is 19.8 Å². The van der Waals surface area contributed by atoms with Crippen LogP contribution in [0.2, 0.25) is 0 Å². The van der Waals surface area contributed by atoms with Crippen molar-refractivity contribution in [1.29, 1.82) is 0 Å². The highest BCUT2D eigenvalue weighted by Crippen LogP contribution is 2.22. The van der Waals surface area contributed by atoms with Gasteiger partial charge in [0.2, 0.25) is 0 Å². The molecular formula is C27H31N5O4. The van der Waals surface area contributed by atoms with E-state index in [1.54, 1.807) is 0 Å². The van der Waals surface area contributed by atoms with Crippen molar-refractivity contribution in [3.8, 4) is 11.3 Å². The summed E-state index contributed by atoms with van der Waals surface area (Å²) in [6.07, 6.45) is 3.21. The van der Waals surface area contributed by atoms with Crippen LogP contribution in [0, 0.1) is 13.8 Å². The molecule has 0 radical (unpaired) electrons. The molecule has 9 heteroatoms. The highest BCUT2D eigenvalue weighted by molar-refractivity contribution is 6.27. The molecule has 2 aromatic heterocycles. The van der Waals surface area contributed by atoms with Gasteiger partial charge in [0.05, 0.1) is 17.9 Å². The van der Waals surface area contributed by atoms with Crippen LogP contribution in [0.3, 0.4) is 0 Å². The van der Waals surface area contributed by atoms with Gasteiger partial charge in [-0.2, -0.15) is 10.2 Å². The van der Waals surface area contributed by atoms with Crippen molar-refractivity contribution in [2.24, 2.45) is 0 Å². The van der Waals surface area contributed by atoms with E-state index in [1.165, 1.54) is 16.8 Å². The van der Waals surface area contributed by atoms with E-state index in [0.29, 0.717) is 0 Å². The molecule has 188 valence electrons. The molecule has 36 heavy (non-hydrogen) atoms. The van der Waals surface area contributed by atoms with Crippen LogP contribution in [0.25, 0.3) is 11.3 Å². The summed E-state index contributed by atoms with van der Waals surface area (Å²) < 4.78 is 4.13. The van der Waals surface area contributed by atoms with Crippen molar-refractivity contribution in [3.05, 3.63) is 95.4 Å². The molecule has 3 N–H and O–H groups in total. The number of carbonyl (C=O) groups is 2. The molecule has 0 aliphatic carbocycles. The van der Waals surface area contributed by atoms with Crippen LogP contribution in [-0.4, -0.2) is 48.3 Å². The Bertz CT molecular complexity index is 1250. The van der Waals surface area contributed by atoms with E-state index in [1.807, 2.05) is 23.7 Å². The van der Waals surface area contributed by atoms with Gasteiger partial charge in [0, 0.05) is 36.1 Å². The van der Waals surface area contributed by atoms with Crippen LogP contribution >= 0.6 is 0 Å². The third-order valence-electron chi connectivity index (χ3n) is 5.40. The van der Waals surface area contributed by atoms with Crippen LogP contribution < -0.4 is 5.32 Å². The van der Waals surface area contributed by atoms with E-state index in [-0.39, 0.29) is 0 Å². The lowest BCUT2D eigenvalue weighted by Gasteiger charge is -2.07. The molecule has 0 saturated carbocycles. The molecule has 2 heterocycles. The first kappa shape index (κ1) is 26.4. The zero-order valence-corrected chi connectivity index (χ0v) is 20.5. The fraction of sp³-hybridized carbons (Fsp3) is 0.259. The molecule has 0 saturated heterocycles. The van der Waals surface area contributed by atoms with Crippen molar-refractivity contribution in [2.75, 3.05) is 6.54 Å². The van der Waals surface area contributed by atoms with Crippen LogP contribution in [0.1, 0.15) is 28.9 Å². The number of benzene rings is 2. The Hall–Kier alpha value is -4.24. The van der Waals surface area contributed by atoms with Gasteiger partial charge < -0.3 is 15.5 Å². The zero-order valence-electron chi connectivity index (χ0n) is 20.5. The van der Waals surface area contributed by atoms with E-state index >= 15 is 0 Å². The monoisotopic (exact) mass is 489 g/mol. The summed E-state index contributed by atoms with van der Waals surface area (Å²) in [6.45, 7) is 7.61. The Kier molecular flexibility index (Phi) is 9.53. The number of nitrogens with one attached hydrogen (secondary N) is 1. The van der Waals surface area contributed by atoms with E-state index in [0.717, 1.165) is 49.6 Å². The van der Waals surface area contributed by atoms with Crippen LogP contribution in [0.15, 0.2) is 72.9 Å². The van der Waals surface area contributed by atoms with Gasteiger partial charge in [-0.15, -0.1) is 0 Å². The maximum absolute atomic E-state index is 9.10. The Morgan fingerprint density at radius 2 is 1.56 bits per heavy atom. The van der Waals surface area contributed by atoms with Gasteiger partial charge in [-0.25, -0.2) is 9.59 Å². The average Bonchev–Trinajstić information content (AvgIpc) is 3.41. The quantitative estimate of drug-likeness (QED) is 0.242. The Morgan fingerprint density at radius 3 is 2.14 bits per heavy atom. The third kappa shape index (κ3) is 7.92. The molecule has 9 nitrogen and oxygen atoms in total. The van der Waals surface area contributed by atoms with Crippen molar-refractivity contribution in [2.45, 2.75) is 39.9 Å². The van der Waals surface area contributed by atoms with Crippen LogP contribution in [0.5, 0.6) is 0 Å². The van der Waals surface area contributed by atoms with Gasteiger partial charge in [-0.3, -0.25) is 9.36 Å². The molecule has 4 rings (SSSR count). The van der Waals surface area contributed by atoms with Crippen LogP contribution in [-0.2, 0) is 29.2 Å². The summed E-state index contributed by atoms with van der Waals surface area (Å²) in [4.78, 5) is 18.2. The van der Waals surface area contributed by atoms with E-state index in [4.69, 9.17) is 24.9 Å². The largest absolute Gasteiger partial charge is 0.473 e. The molecule has 4 aromatic rings. The number of rotatable bonds is 9. The normalized spacial score (nSPS) is 10.5. The maximum Gasteiger partial charge on any atom is 0.414 e. The fourth-order valence-corrected chi connectivity index (χ4v) is 3.76. The lowest BCUT2D eigenvalue weighted by Crippen LogP contribution is -2.17. The maximum atomic E-state index is 9.10. The number of hydrogen-bond acceptors (Lipinski definition) is 5. The molecule has 0 unspecified atom stereocenters. The summed E-state index contributed by atoms with van der Waals surface area (Å²) in [5.74, 6) is -3.65. The minimum atomic E-state index is -1.82. The van der Waals surface area contributed by atoms with E-state index in [9.17, 15) is 0 Å². The first-order valence-electron chi connectivity index (χ1n) is 11.7. The molecule has 0 fully saturated rings. The molecule has 0 aliphatic rings. The van der Waals surface area contributed by atoms with Gasteiger partial charge in [0.1, 0.15) is 0 Å². The van der Waals surface area contributed by atoms with E-state index < -0.39 is 11.9 Å². The van der Waals surface area contributed by atoms with Gasteiger partial charge in [0.15, 0.2) is 0 Å². The highest BCUT2D eigenvalue weighted by atomic mass is 16.4. The standard InChI is InChI=1S/C25H29N5.C2H2O4/c1-20-16-21(2)30(27-20)15-9-14-26-17-24-19-29(18-22-10-5-3-6-11-22)28-25(24)23-12-7-4-8-13-23;3-1(4)2(5)6/h3-8,10-13,16,19,26H,9,14-15,17-18H2,1-2H3;(H,3,4)(H,5,6). The Morgan fingerprint density at radius 1 is 0.917 bits per heavy atom. The van der Waals surface area contributed by atoms with Gasteiger partial charge in [-0.05, 0) is 38.4 Å². The number of aryl methyl sites for hydroxylation is 3. The molecule has 0 spiro atoms. The number of nitrogens with zero attached hydrogens (tertiary/aromatic N) is 4. The highest BCUT2D eigenvalue weighted by Gasteiger charge is 2.11. The first-order chi connectivity index (χ1) is 17.3. The van der Waals surface area contributed by atoms with Gasteiger partial charge in [0.25, 0.3) is 0 Å². The molecule has 0 aliphatic heterocycles. The summed E-state index contributed by atoms with van der Waals surface area (Å²) in [5, 5.41) is 27.8. The molecule has 0 atom stereocenters. The molecule has 0 amide bonds. The van der Waals surface area contributed by atoms with Crippen molar-refractivity contribution in [1.82, 2.24) is 24.9 Å². The summed E-state index contributed by atoms with van der Waals surface area (Å²) in [7, 11) is 0. The number of carboxylic acids is 2. The number of carboxylic acid groups (broad SMARTS) is 2. The van der Waals surface area contributed by atoms with Gasteiger partial charge in [-0.1, -0.05) is 60.7 Å². The minimum absolute atomic E-state index is 0.776. The Balaban J connectivity index is 0.000000538. The number of hydrogen-bond donors (Lipinski definition) is 3. The lowest BCUT2D eigenvalue weighted by atomic mass is 10.1. The predicted molar refractivity (Wildman–Crippen MR) is 137 cm³/mol. The summed E-state index contributed by atoms with van der Waals surface area (Å²) in [6, 6.07) is 23.0. The van der Waals surface area contributed by atoms with Crippen molar-refractivity contribution in [3.63, 3.8) is 0 Å². The SMILES string of the molecule is Cc1cc(C)n(CCCNCc2cn(Cc3ccccc3)nc2-c2ccccc2)n1.O=C(O)C(=O)O. The zero-order chi connectivity index (χ0) is 25.9. The third-order valence-corrected chi connectivity index (χ3v) is 5.40. The fourth-order valence-electron chi connectivity index (χ4n) is 3.76. The van der Waals surface area contributed by atoms with Crippen LogP contribution in [0.4, 0.5) is 0 Å². The Labute approximate surface area is 210 Å². The second-order valence-corrected chi connectivity index (χ2v) is 8.34.